The molecule has 1 N–H and O–H groups in total. The standard InChI is InChI=1S/C9H11BrClNO3S2/c1-3-7(13)5(2)12-17(14,15)8-4-6(11)9(10)16-8/h4-5,12H,3H2,1-2H3. The van der Waals surface area contributed by atoms with E-state index in [4.69, 9.17) is 11.6 Å². The Hall–Kier alpha value is 0.0500. The maximum Gasteiger partial charge on any atom is 0.250 e. The summed E-state index contributed by atoms with van der Waals surface area (Å²) in [5.41, 5.74) is 0. The van der Waals surface area contributed by atoms with Gasteiger partial charge in [0, 0.05) is 6.42 Å². The van der Waals surface area contributed by atoms with E-state index in [0.29, 0.717) is 15.2 Å². The molecule has 1 aromatic rings. The Labute approximate surface area is 118 Å². The van der Waals surface area contributed by atoms with Gasteiger partial charge in [0.15, 0.2) is 0 Å². The third-order valence-electron chi connectivity index (χ3n) is 2.05. The zero-order valence-corrected chi connectivity index (χ0v) is 13.1. The third-order valence-corrected chi connectivity index (χ3v) is 6.54. The Morgan fingerprint density at radius 1 is 1.65 bits per heavy atom. The van der Waals surface area contributed by atoms with Gasteiger partial charge in [0.05, 0.1) is 14.9 Å². The van der Waals surface area contributed by atoms with E-state index in [-0.39, 0.29) is 9.99 Å². The highest BCUT2D eigenvalue weighted by molar-refractivity contribution is 9.11. The molecule has 0 aliphatic heterocycles. The van der Waals surface area contributed by atoms with Crippen molar-refractivity contribution in [3.63, 3.8) is 0 Å². The van der Waals surface area contributed by atoms with Gasteiger partial charge in [-0.1, -0.05) is 18.5 Å². The highest BCUT2D eigenvalue weighted by Gasteiger charge is 2.23. The minimum absolute atomic E-state index is 0.0881. The van der Waals surface area contributed by atoms with Gasteiger partial charge in [0.25, 0.3) is 10.0 Å². The van der Waals surface area contributed by atoms with Gasteiger partial charge in [-0.3, -0.25) is 4.79 Å². The Balaban J connectivity index is 2.93. The average molecular weight is 361 g/mol. The molecule has 0 fully saturated rings. The molecule has 0 aliphatic carbocycles. The maximum absolute atomic E-state index is 11.9. The van der Waals surface area contributed by atoms with Gasteiger partial charge in [0.1, 0.15) is 9.99 Å². The summed E-state index contributed by atoms with van der Waals surface area (Å²) < 4.78 is 26.7. The van der Waals surface area contributed by atoms with Crippen molar-refractivity contribution in [2.45, 2.75) is 30.5 Å². The van der Waals surface area contributed by atoms with Crippen LogP contribution < -0.4 is 4.72 Å². The van der Waals surface area contributed by atoms with Crippen molar-refractivity contribution in [1.82, 2.24) is 4.72 Å². The quantitative estimate of drug-likeness (QED) is 0.878. The second-order valence-corrected chi connectivity index (χ2v) is 8.07. The summed E-state index contributed by atoms with van der Waals surface area (Å²) in [5, 5.41) is 0.338. The van der Waals surface area contributed by atoms with Gasteiger partial charge in [-0.2, -0.15) is 0 Å². The first-order chi connectivity index (χ1) is 7.77. The van der Waals surface area contributed by atoms with Gasteiger partial charge in [-0.05, 0) is 28.9 Å². The molecule has 0 bridgehead atoms. The molecular weight excluding hydrogens is 350 g/mol. The zero-order chi connectivity index (χ0) is 13.2. The lowest BCUT2D eigenvalue weighted by atomic mass is 10.2. The van der Waals surface area contributed by atoms with Crippen LogP contribution in [0.4, 0.5) is 0 Å². The Bertz CT molecular complexity index is 507. The van der Waals surface area contributed by atoms with Crippen LogP contribution >= 0.6 is 38.9 Å². The number of Topliss-reactive ketones (excluding diaryl/α,β-unsaturated/α-hetero) is 1. The Morgan fingerprint density at radius 2 is 2.24 bits per heavy atom. The molecule has 0 amide bonds. The largest absolute Gasteiger partial charge is 0.298 e. The number of carbonyl (C=O) groups is 1. The lowest BCUT2D eigenvalue weighted by Gasteiger charge is -2.10. The summed E-state index contributed by atoms with van der Waals surface area (Å²) >= 11 is 9.92. The van der Waals surface area contributed by atoms with E-state index in [1.54, 1.807) is 6.92 Å². The van der Waals surface area contributed by atoms with Crippen LogP contribution in [0.5, 0.6) is 0 Å². The lowest BCUT2D eigenvalue weighted by Crippen LogP contribution is -2.37. The smallest absolute Gasteiger partial charge is 0.250 e. The van der Waals surface area contributed by atoms with E-state index in [0.717, 1.165) is 11.3 Å². The molecule has 0 aromatic carbocycles. The molecule has 0 saturated carbocycles. The molecule has 0 spiro atoms. The van der Waals surface area contributed by atoms with Crippen molar-refractivity contribution in [2.75, 3.05) is 0 Å². The Morgan fingerprint density at radius 3 is 2.65 bits per heavy atom. The molecular formula is C9H11BrClNO3S2. The van der Waals surface area contributed by atoms with Crippen LogP contribution in [0.15, 0.2) is 14.1 Å². The molecule has 1 rings (SSSR count). The number of ketones is 1. The second kappa shape index (κ2) is 5.79. The van der Waals surface area contributed by atoms with Crippen molar-refractivity contribution in [1.29, 1.82) is 0 Å². The van der Waals surface area contributed by atoms with Gasteiger partial charge in [-0.15, -0.1) is 11.3 Å². The Kier molecular flexibility index (Phi) is 5.15. The van der Waals surface area contributed by atoms with Crippen LogP contribution in [-0.4, -0.2) is 20.2 Å². The second-order valence-electron chi connectivity index (χ2n) is 3.35. The monoisotopic (exact) mass is 359 g/mol. The summed E-state index contributed by atoms with van der Waals surface area (Å²) in [6.45, 7) is 3.21. The number of sulfonamides is 1. The molecule has 96 valence electrons. The highest BCUT2D eigenvalue weighted by atomic mass is 79.9. The van der Waals surface area contributed by atoms with Crippen LogP contribution in [-0.2, 0) is 14.8 Å². The minimum atomic E-state index is -3.68. The molecule has 17 heavy (non-hydrogen) atoms. The normalized spacial score (nSPS) is 13.6. The molecule has 0 saturated heterocycles. The molecule has 1 unspecified atom stereocenters. The molecule has 4 nitrogen and oxygen atoms in total. The van der Waals surface area contributed by atoms with Crippen LogP contribution in [0.3, 0.4) is 0 Å². The van der Waals surface area contributed by atoms with Gasteiger partial charge < -0.3 is 0 Å². The van der Waals surface area contributed by atoms with Crippen molar-refractivity contribution < 1.29 is 13.2 Å². The van der Waals surface area contributed by atoms with E-state index in [9.17, 15) is 13.2 Å². The van der Waals surface area contributed by atoms with Crippen LogP contribution in [0.25, 0.3) is 0 Å². The highest BCUT2D eigenvalue weighted by Crippen LogP contribution is 2.34. The molecule has 1 atom stereocenters. The van der Waals surface area contributed by atoms with Crippen molar-refractivity contribution in [2.24, 2.45) is 0 Å². The predicted octanol–water partition coefficient (Wildman–Crippen LogP) is 2.81. The number of rotatable bonds is 5. The van der Waals surface area contributed by atoms with Crippen LogP contribution in [0.1, 0.15) is 20.3 Å². The van der Waals surface area contributed by atoms with Crippen molar-refractivity contribution in [3.05, 3.63) is 14.9 Å². The minimum Gasteiger partial charge on any atom is -0.298 e. The van der Waals surface area contributed by atoms with Gasteiger partial charge in [0.2, 0.25) is 0 Å². The number of thiophene rings is 1. The summed E-state index contributed by atoms with van der Waals surface area (Å²) in [6, 6.07) is 0.617. The third kappa shape index (κ3) is 3.75. The molecule has 0 radical (unpaired) electrons. The zero-order valence-electron chi connectivity index (χ0n) is 9.16. The fourth-order valence-corrected chi connectivity index (χ4v) is 4.76. The van der Waals surface area contributed by atoms with Crippen molar-refractivity contribution >= 4 is 54.7 Å². The van der Waals surface area contributed by atoms with E-state index in [1.165, 1.54) is 13.0 Å². The van der Waals surface area contributed by atoms with Gasteiger partial charge >= 0.3 is 0 Å². The molecule has 1 heterocycles. The molecule has 8 heteroatoms. The fraction of sp³-hybridized carbons (Fsp3) is 0.444. The topological polar surface area (TPSA) is 63.2 Å². The first kappa shape index (κ1) is 15.1. The molecule has 0 aliphatic rings. The summed E-state index contributed by atoms with van der Waals surface area (Å²) in [7, 11) is -3.68. The first-order valence-electron chi connectivity index (χ1n) is 4.77. The number of nitrogens with one attached hydrogen (secondary N) is 1. The predicted molar refractivity (Wildman–Crippen MR) is 72.1 cm³/mol. The fourth-order valence-electron chi connectivity index (χ4n) is 1.12. The number of halogens is 2. The summed E-state index contributed by atoms with van der Waals surface area (Å²) in [4.78, 5) is 11.3. The lowest BCUT2D eigenvalue weighted by molar-refractivity contribution is -0.119. The van der Waals surface area contributed by atoms with E-state index in [1.807, 2.05) is 0 Å². The van der Waals surface area contributed by atoms with E-state index in [2.05, 4.69) is 20.7 Å². The summed E-state index contributed by atoms with van der Waals surface area (Å²) in [5.74, 6) is -0.157. The number of hydrogen-bond donors (Lipinski definition) is 1. The van der Waals surface area contributed by atoms with Crippen LogP contribution in [0, 0.1) is 0 Å². The van der Waals surface area contributed by atoms with Gasteiger partial charge in [-0.25, -0.2) is 13.1 Å². The average Bonchev–Trinajstić information content (AvgIpc) is 2.58. The number of carbonyl (C=O) groups excluding carboxylic acids is 1. The summed E-state index contributed by atoms with van der Waals surface area (Å²) in [6.07, 6.45) is 0.290. The van der Waals surface area contributed by atoms with Crippen molar-refractivity contribution in [3.8, 4) is 0 Å². The van der Waals surface area contributed by atoms with E-state index < -0.39 is 16.1 Å². The van der Waals surface area contributed by atoms with Crippen LogP contribution in [0.2, 0.25) is 5.02 Å². The number of hydrogen-bond acceptors (Lipinski definition) is 4. The maximum atomic E-state index is 11.9. The SMILES string of the molecule is CCC(=O)C(C)NS(=O)(=O)c1cc(Cl)c(Br)s1. The molecule has 1 aromatic heterocycles. The first-order valence-corrected chi connectivity index (χ1v) is 8.25. The van der Waals surface area contributed by atoms with E-state index >= 15 is 0 Å².